The van der Waals surface area contributed by atoms with Crippen LogP contribution in [0.1, 0.15) is 24.8 Å². The minimum absolute atomic E-state index is 0.478. The fourth-order valence-electron chi connectivity index (χ4n) is 2.07. The fraction of sp³-hybridized carbons (Fsp3) is 0.429. The number of hydrogen-bond donors (Lipinski definition) is 1. The molecule has 0 fully saturated rings. The zero-order chi connectivity index (χ0) is 11.2. The van der Waals surface area contributed by atoms with Crippen LogP contribution in [0.25, 0.3) is 0 Å². The van der Waals surface area contributed by atoms with Gasteiger partial charge in [-0.1, -0.05) is 30.4 Å². The second-order valence-electron chi connectivity index (χ2n) is 4.20. The quantitative estimate of drug-likeness (QED) is 0.781. The maximum atomic E-state index is 5.20. The number of allylic oxidation sites excluding steroid dienone is 1. The molecule has 2 nitrogen and oxygen atoms in total. The van der Waals surface area contributed by atoms with Crippen LogP contribution in [0, 0.1) is 0 Å². The Morgan fingerprint density at radius 3 is 3.00 bits per heavy atom. The van der Waals surface area contributed by atoms with Crippen molar-refractivity contribution in [3.05, 3.63) is 42.0 Å². The van der Waals surface area contributed by atoms with Gasteiger partial charge in [-0.3, -0.25) is 0 Å². The van der Waals surface area contributed by atoms with E-state index in [-0.39, 0.29) is 0 Å². The molecule has 0 aliphatic heterocycles. The summed E-state index contributed by atoms with van der Waals surface area (Å²) in [6, 6.07) is 8.83. The van der Waals surface area contributed by atoms with E-state index in [2.05, 4.69) is 41.7 Å². The zero-order valence-electron chi connectivity index (χ0n) is 9.78. The largest absolute Gasteiger partial charge is 0.380 e. The third kappa shape index (κ3) is 2.86. The van der Waals surface area contributed by atoms with E-state index in [9.17, 15) is 0 Å². The topological polar surface area (TPSA) is 21.3 Å². The lowest BCUT2D eigenvalue weighted by Crippen LogP contribution is -2.19. The Morgan fingerprint density at radius 2 is 2.25 bits per heavy atom. The molecular formula is C14H19NO. The van der Waals surface area contributed by atoms with Gasteiger partial charge in [0.2, 0.25) is 0 Å². The monoisotopic (exact) mass is 217 g/mol. The lowest BCUT2D eigenvalue weighted by molar-refractivity contribution is 0.185. The predicted molar refractivity (Wildman–Crippen MR) is 67.6 cm³/mol. The van der Waals surface area contributed by atoms with Crippen molar-refractivity contribution < 1.29 is 4.74 Å². The highest BCUT2D eigenvalue weighted by Gasteiger charge is 2.09. The van der Waals surface area contributed by atoms with Gasteiger partial charge in [0.15, 0.2) is 0 Å². The van der Waals surface area contributed by atoms with Gasteiger partial charge in [-0.2, -0.15) is 0 Å². The average Bonchev–Trinajstić information content (AvgIpc) is 2.33. The first kappa shape index (κ1) is 11.2. The number of anilines is 1. The van der Waals surface area contributed by atoms with Gasteiger partial charge in [0.25, 0.3) is 0 Å². The lowest BCUT2D eigenvalue weighted by Gasteiger charge is -2.21. The smallest absolute Gasteiger partial charge is 0.0733 e. The molecule has 1 aliphatic carbocycles. The number of benzene rings is 1. The highest BCUT2D eigenvalue weighted by atomic mass is 16.5. The van der Waals surface area contributed by atoms with Crippen LogP contribution < -0.4 is 5.32 Å². The van der Waals surface area contributed by atoms with Crippen LogP contribution in [0.2, 0.25) is 0 Å². The summed E-state index contributed by atoms with van der Waals surface area (Å²) in [5, 5.41) is 3.57. The number of para-hydroxylation sites is 1. The van der Waals surface area contributed by atoms with Crippen molar-refractivity contribution in [2.45, 2.75) is 31.9 Å². The van der Waals surface area contributed by atoms with Crippen LogP contribution in [0.15, 0.2) is 36.4 Å². The predicted octanol–water partition coefficient (Wildman–Crippen LogP) is 3.35. The summed E-state index contributed by atoms with van der Waals surface area (Å²) in [4.78, 5) is 0. The van der Waals surface area contributed by atoms with Gasteiger partial charge in [0.05, 0.1) is 6.61 Å². The Hall–Kier alpha value is -1.28. The second kappa shape index (κ2) is 5.71. The molecule has 0 radical (unpaired) electrons. The summed E-state index contributed by atoms with van der Waals surface area (Å²) in [6.45, 7) is 0.666. The van der Waals surface area contributed by atoms with Crippen LogP contribution in [-0.4, -0.2) is 13.2 Å². The molecule has 0 bridgehead atoms. The Balaban J connectivity index is 2.07. The van der Waals surface area contributed by atoms with E-state index >= 15 is 0 Å². The van der Waals surface area contributed by atoms with E-state index in [1.54, 1.807) is 7.11 Å². The van der Waals surface area contributed by atoms with Gasteiger partial charge in [-0.05, 0) is 25.3 Å². The van der Waals surface area contributed by atoms with Gasteiger partial charge in [0, 0.05) is 24.4 Å². The van der Waals surface area contributed by atoms with Crippen LogP contribution in [-0.2, 0) is 11.3 Å². The van der Waals surface area contributed by atoms with Crippen molar-refractivity contribution in [1.29, 1.82) is 0 Å². The molecule has 0 saturated heterocycles. The molecule has 1 aromatic rings. The molecule has 86 valence electrons. The Kier molecular flexibility index (Phi) is 4.00. The molecule has 0 amide bonds. The summed E-state index contributed by atoms with van der Waals surface area (Å²) in [7, 11) is 1.73. The van der Waals surface area contributed by atoms with Gasteiger partial charge < -0.3 is 10.1 Å². The molecule has 1 aromatic carbocycles. The average molecular weight is 217 g/mol. The van der Waals surface area contributed by atoms with E-state index in [0.717, 1.165) is 0 Å². The third-order valence-corrected chi connectivity index (χ3v) is 2.91. The number of ether oxygens (including phenoxy) is 1. The first-order chi connectivity index (χ1) is 7.90. The number of methoxy groups -OCH3 is 1. The van der Waals surface area contributed by atoms with Gasteiger partial charge in [0.1, 0.15) is 0 Å². The van der Waals surface area contributed by atoms with E-state index in [1.807, 2.05) is 0 Å². The highest BCUT2D eigenvalue weighted by molar-refractivity contribution is 5.52. The van der Waals surface area contributed by atoms with Crippen LogP contribution >= 0.6 is 0 Å². The number of rotatable bonds is 4. The van der Waals surface area contributed by atoms with Crippen molar-refractivity contribution in [1.82, 2.24) is 0 Å². The third-order valence-electron chi connectivity index (χ3n) is 2.91. The van der Waals surface area contributed by atoms with E-state index < -0.39 is 0 Å². The SMILES string of the molecule is COCc1ccccc1NC1C=CCCC1. The van der Waals surface area contributed by atoms with Crippen molar-refractivity contribution in [3.63, 3.8) is 0 Å². The number of hydrogen-bond acceptors (Lipinski definition) is 2. The summed E-state index contributed by atoms with van der Waals surface area (Å²) in [5.41, 5.74) is 2.42. The molecule has 2 rings (SSSR count). The van der Waals surface area contributed by atoms with E-state index in [4.69, 9.17) is 4.74 Å². The molecule has 0 saturated carbocycles. The molecule has 0 heterocycles. The first-order valence-electron chi connectivity index (χ1n) is 5.90. The van der Waals surface area contributed by atoms with Crippen molar-refractivity contribution in [3.8, 4) is 0 Å². The second-order valence-corrected chi connectivity index (χ2v) is 4.20. The molecule has 1 unspecified atom stereocenters. The maximum Gasteiger partial charge on any atom is 0.0733 e. The first-order valence-corrected chi connectivity index (χ1v) is 5.90. The standard InChI is InChI=1S/C14H19NO/c1-16-11-12-7-5-6-10-14(12)15-13-8-3-2-4-9-13/h3,5-8,10,13,15H,2,4,9,11H2,1H3. The summed E-state index contributed by atoms with van der Waals surface area (Å²) in [6.07, 6.45) is 8.25. The Morgan fingerprint density at radius 1 is 1.38 bits per heavy atom. The van der Waals surface area contributed by atoms with Crippen LogP contribution in [0.4, 0.5) is 5.69 Å². The molecule has 2 heteroatoms. The zero-order valence-corrected chi connectivity index (χ0v) is 9.78. The molecule has 16 heavy (non-hydrogen) atoms. The molecule has 1 aliphatic rings. The molecule has 1 N–H and O–H groups in total. The summed E-state index contributed by atoms with van der Waals surface area (Å²) in [5.74, 6) is 0. The van der Waals surface area contributed by atoms with Gasteiger partial charge in [-0.15, -0.1) is 0 Å². The molecule has 0 aromatic heterocycles. The lowest BCUT2D eigenvalue weighted by atomic mass is 10.0. The van der Waals surface area contributed by atoms with Crippen LogP contribution in [0.3, 0.4) is 0 Å². The number of nitrogens with one attached hydrogen (secondary N) is 1. The van der Waals surface area contributed by atoms with Gasteiger partial charge in [-0.25, -0.2) is 0 Å². The normalized spacial score (nSPS) is 19.7. The highest BCUT2D eigenvalue weighted by Crippen LogP contribution is 2.20. The minimum Gasteiger partial charge on any atom is -0.380 e. The van der Waals surface area contributed by atoms with Crippen molar-refractivity contribution >= 4 is 5.69 Å². The molecule has 1 atom stereocenters. The Bertz CT molecular complexity index is 360. The Labute approximate surface area is 97.3 Å². The molecular weight excluding hydrogens is 198 g/mol. The maximum absolute atomic E-state index is 5.20. The van der Waals surface area contributed by atoms with E-state index in [0.29, 0.717) is 12.6 Å². The minimum atomic E-state index is 0.478. The van der Waals surface area contributed by atoms with Crippen molar-refractivity contribution in [2.75, 3.05) is 12.4 Å². The van der Waals surface area contributed by atoms with Gasteiger partial charge >= 0.3 is 0 Å². The van der Waals surface area contributed by atoms with Crippen molar-refractivity contribution in [2.24, 2.45) is 0 Å². The fourth-order valence-corrected chi connectivity index (χ4v) is 2.07. The summed E-state index contributed by atoms with van der Waals surface area (Å²) < 4.78 is 5.20. The van der Waals surface area contributed by atoms with Crippen LogP contribution in [0.5, 0.6) is 0 Å². The molecule has 0 spiro atoms. The van der Waals surface area contributed by atoms with E-state index in [1.165, 1.54) is 30.5 Å². The summed E-state index contributed by atoms with van der Waals surface area (Å²) >= 11 is 0.